The summed E-state index contributed by atoms with van der Waals surface area (Å²) < 4.78 is 11.3. The largest absolute Gasteiger partial charge is 0.377 e. The van der Waals surface area contributed by atoms with E-state index in [4.69, 9.17) is 9.47 Å². The third-order valence-corrected chi connectivity index (χ3v) is 4.45. The lowest BCUT2D eigenvalue weighted by molar-refractivity contribution is -0.0233. The minimum Gasteiger partial charge on any atom is -0.377 e. The average molecular weight is 270 g/mol. The lowest BCUT2D eigenvalue weighted by Crippen LogP contribution is -2.48. The molecule has 2 heterocycles. The highest BCUT2D eigenvalue weighted by atomic mass is 16.5. The number of ether oxygens (including phenoxy) is 2. The van der Waals surface area contributed by atoms with Crippen molar-refractivity contribution in [3.05, 3.63) is 0 Å². The van der Waals surface area contributed by atoms with Crippen LogP contribution in [0.15, 0.2) is 0 Å². The predicted molar refractivity (Wildman–Crippen MR) is 77.5 cm³/mol. The molecule has 0 bridgehead atoms. The molecule has 0 radical (unpaired) electrons. The molecule has 0 saturated carbocycles. The molecule has 1 N–H and O–H groups in total. The fraction of sp³-hybridized carbons (Fsp3) is 1.00. The Kier molecular flexibility index (Phi) is 5.23. The molecule has 2 aliphatic heterocycles. The molecule has 3 atom stereocenters. The van der Waals surface area contributed by atoms with Crippen molar-refractivity contribution in [2.75, 3.05) is 39.9 Å². The molecule has 0 aliphatic carbocycles. The molecule has 0 aromatic heterocycles. The van der Waals surface area contributed by atoms with Gasteiger partial charge in [-0.3, -0.25) is 4.90 Å². The standard InChI is InChI=1S/C15H30N2O2/c1-5-19-14-11-17(10-13(14)18-4)9-12-6-7-16-15(2,3)8-12/h12-14,16H,5-11H2,1-4H3. The second kappa shape index (κ2) is 6.53. The first kappa shape index (κ1) is 15.2. The first-order valence-corrected chi connectivity index (χ1v) is 7.66. The second-order valence-corrected chi connectivity index (χ2v) is 6.66. The van der Waals surface area contributed by atoms with Crippen molar-refractivity contribution >= 4 is 0 Å². The van der Waals surface area contributed by atoms with Gasteiger partial charge < -0.3 is 14.8 Å². The van der Waals surface area contributed by atoms with Gasteiger partial charge in [-0.05, 0) is 46.1 Å². The SMILES string of the molecule is CCOC1CN(CC2CCNC(C)(C)C2)CC1OC. The number of methoxy groups -OCH3 is 1. The zero-order valence-electron chi connectivity index (χ0n) is 12.9. The van der Waals surface area contributed by atoms with Crippen LogP contribution in [0.1, 0.15) is 33.6 Å². The Labute approximate surface area is 117 Å². The molecule has 3 unspecified atom stereocenters. The van der Waals surface area contributed by atoms with Gasteiger partial charge in [0, 0.05) is 38.9 Å². The number of hydrogen-bond donors (Lipinski definition) is 1. The van der Waals surface area contributed by atoms with Gasteiger partial charge in [-0.25, -0.2) is 0 Å². The van der Waals surface area contributed by atoms with Crippen LogP contribution in [-0.4, -0.2) is 62.5 Å². The maximum absolute atomic E-state index is 5.79. The van der Waals surface area contributed by atoms with Crippen molar-refractivity contribution in [3.8, 4) is 0 Å². The maximum atomic E-state index is 5.79. The lowest BCUT2D eigenvalue weighted by Gasteiger charge is -2.38. The summed E-state index contributed by atoms with van der Waals surface area (Å²) in [6.45, 7) is 11.8. The zero-order valence-corrected chi connectivity index (χ0v) is 12.9. The van der Waals surface area contributed by atoms with Crippen LogP contribution in [0.3, 0.4) is 0 Å². The van der Waals surface area contributed by atoms with E-state index in [9.17, 15) is 0 Å². The summed E-state index contributed by atoms with van der Waals surface area (Å²) in [5.74, 6) is 0.800. The van der Waals surface area contributed by atoms with Gasteiger partial charge in [-0.2, -0.15) is 0 Å². The van der Waals surface area contributed by atoms with E-state index in [1.54, 1.807) is 7.11 Å². The quantitative estimate of drug-likeness (QED) is 0.821. The zero-order chi connectivity index (χ0) is 13.9. The third kappa shape index (κ3) is 4.15. The molecule has 0 aromatic carbocycles. The van der Waals surface area contributed by atoms with Crippen molar-refractivity contribution < 1.29 is 9.47 Å². The van der Waals surface area contributed by atoms with E-state index in [-0.39, 0.29) is 12.2 Å². The fourth-order valence-corrected chi connectivity index (χ4v) is 3.60. The molecule has 2 fully saturated rings. The summed E-state index contributed by atoms with van der Waals surface area (Å²) in [5, 5.41) is 3.59. The molecular weight excluding hydrogens is 240 g/mol. The summed E-state index contributed by atoms with van der Waals surface area (Å²) in [4.78, 5) is 2.53. The summed E-state index contributed by atoms with van der Waals surface area (Å²) in [6, 6.07) is 0. The molecular formula is C15H30N2O2. The Morgan fingerprint density at radius 1 is 1.26 bits per heavy atom. The van der Waals surface area contributed by atoms with Gasteiger partial charge in [0.15, 0.2) is 0 Å². The summed E-state index contributed by atoms with van der Waals surface area (Å²) in [7, 11) is 1.80. The van der Waals surface area contributed by atoms with Gasteiger partial charge in [-0.15, -0.1) is 0 Å². The Balaban J connectivity index is 1.83. The van der Waals surface area contributed by atoms with Crippen LogP contribution < -0.4 is 5.32 Å². The second-order valence-electron chi connectivity index (χ2n) is 6.66. The third-order valence-electron chi connectivity index (χ3n) is 4.45. The smallest absolute Gasteiger partial charge is 0.0975 e. The molecule has 2 aliphatic rings. The van der Waals surface area contributed by atoms with Crippen LogP contribution in [-0.2, 0) is 9.47 Å². The number of likely N-dealkylation sites (tertiary alicyclic amines) is 1. The number of rotatable bonds is 5. The van der Waals surface area contributed by atoms with E-state index in [1.165, 1.54) is 19.4 Å². The molecule has 4 nitrogen and oxygen atoms in total. The van der Waals surface area contributed by atoms with Crippen molar-refractivity contribution in [2.45, 2.75) is 51.4 Å². The topological polar surface area (TPSA) is 33.7 Å². The van der Waals surface area contributed by atoms with E-state index in [2.05, 4.69) is 31.0 Å². The van der Waals surface area contributed by atoms with Gasteiger partial charge in [0.05, 0.1) is 12.2 Å². The molecule has 0 spiro atoms. The van der Waals surface area contributed by atoms with Crippen LogP contribution in [0.4, 0.5) is 0 Å². The number of nitrogens with zero attached hydrogens (tertiary/aromatic N) is 1. The minimum absolute atomic E-state index is 0.245. The maximum Gasteiger partial charge on any atom is 0.0975 e. The van der Waals surface area contributed by atoms with Crippen molar-refractivity contribution in [2.24, 2.45) is 5.92 Å². The highest BCUT2D eigenvalue weighted by Crippen LogP contribution is 2.26. The molecule has 2 saturated heterocycles. The summed E-state index contributed by atoms with van der Waals surface area (Å²) >= 11 is 0. The number of piperidine rings is 1. The Hall–Kier alpha value is -0.160. The summed E-state index contributed by atoms with van der Waals surface area (Å²) in [6.07, 6.45) is 3.05. The Morgan fingerprint density at radius 3 is 2.63 bits per heavy atom. The van der Waals surface area contributed by atoms with E-state index in [1.807, 2.05) is 0 Å². The van der Waals surface area contributed by atoms with E-state index in [0.29, 0.717) is 5.54 Å². The molecule has 0 amide bonds. The first-order chi connectivity index (χ1) is 9.04. The van der Waals surface area contributed by atoms with Gasteiger partial charge in [0.2, 0.25) is 0 Å². The molecule has 19 heavy (non-hydrogen) atoms. The summed E-state index contributed by atoms with van der Waals surface area (Å²) in [5.41, 5.74) is 0.294. The van der Waals surface area contributed by atoms with Crippen LogP contribution in [0, 0.1) is 5.92 Å². The van der Waals surface area contributed by atoms with E-state index < -0.39 is 0 Å². The van der Waals surface area contributed by atoms with Gasteiger partial charge in [0.1, 0.15) is 0 Å². The minimum atomic E-state index is 0.245. The van der Waals surface area contributed by atoms with Crippen LogP contribution >= 0.6 is 0 Å². The van der Waals surface area contributed by atoms with Crippen LogP contribution in [0.25, 0.3) is 0 Å². The highest BCUT2D eigenvalue weighted by Gasteiger charge is 2.36. The Bertz CT molecular complexity index is 283. The monoisotopic (exact) mass is 270 g/mol. The van der Waals surface area contributed by atoms with E-state index in [0.717, 1.165) is 32.2 Å². The van der Waals surface area contributed by atoms with Crippen LogP contribution in [0.5, 0.6) is 0 Å². The van der Waals surface area contributed by atoms with E-state index >= 15 is 0 Å². The first-order valence-electron chi connectivity index (χ1n) is 7.66. The van der Waals surface area contributed by atoms with Gasteiger partial charge in [-0.1, -0.05) is 0 Å². The van der Waals surface area contributed by atoms with Crippen LogP contribution in [0.2, 0.25) is 0 Å². The fourth-order valence-electron chi connectivity index (χ4n) is 3.60. The van der Waals surface area contributed by atoms with Gasteiger partial charge in [0.25, 0.3) is 0 Å². The molecule has 4 heteroatoms. The molecule has 2 rings (SSSR count). The van der Waals surface area contributed by atoms with Crippen molar-refractivity contribution in [1.82, 2.24) is 10.2 Å². The number of hydrogen-bond acceptors (Lipinski definition) is 4. The number of nitrogens with one attached hydrogen (secondary N) is 1. The normalized spacial score (nSPS) is 35.7. The average Bonchev–Trinajstić information content (AvgIpc) is 2.70. The molecule has 0 aromatic rings. The Morgan fingerprint density at radius 2 is 2.00 bits per heavy atom. The van der Waals surface area contributed by atoms with Gasteiger partial charge >= 0.3 is 0 Å². The van der Waals surface area contributed by atoms with Crippen molar-refractivity contribution in [1.29, 1.82) is 0 Å². The molecule has 112 valence electrons. The van der Waals surface area contributed by atoms with Crippen molar-refractivity contribution in [3.63, 3.8) is 0 Å². The lowest BCUT2D eigenvalue weighted by atomic mass is 9.84. The predicted octanol–water partition coefficient (Wildman–Crippen LogP) is 1.50. The highest BCUT2D eigenvalue weighted by molar-refractivity contribution is 4.91.